The molecule has 1 N–H and O–H groups in total. The Kier molecular flexibility index (Phi) is 3.99. The van der Waals surface area contributed by atoms with E-state index < -0.39 is 15.7 Å². The van der Waals surface area contributed by atoms with Crippen molar-refractivity contribution >= 4 is 21.8 Å². The van der Waals surface area contributed by atoms with Gasteiger partial charge in [-0.2, -0.15) is 4.31 Å². The SMILES string of the molecule is CC(=O)c1ccc(S(=O)(=O)N2CCC3(CC2)NCC(=O)O3)cc1. The second-order valence-corrected chi connectivity index (χ2v) is 7.74. The van der Waals surface area contributed by atoms with Crippen LogP contribution < -0.4 is 5.32 Å². The molecule has 0 saturated carbocycles. The Morgan fingerprint density at radius 3 is 2.30 bits per heavy atom. The molecule has 0 radical (unpaired) electrons. The minimum Gasteiger partial charge on any atom is -0.443 e. The summed E-state index contributed by atoms with van der Waals surface area (Å²) in [6, 6.07) is 5.93. The molecule has 2 aliphatic rings. The highest BCUT2D eigenvalue weighted by atomic mass is 32.2. The first kappa shape index (κ1) is 16.1. The highest BCUT2D eigenvalue weighted by Gasteiger charge is 2.44. The zero-order valence-electron chi connectivity index (χ0n) is 12.7. The highest BCUT2D eigenvalue weighted by molar-refractivity contribution is 7.89. The van der Waals surface area contributed by atoms with E-state index in [9.17, 15) is 18.0 Å². The molecule has 124 valence electrons. The maximum absolute atomic E-state index is 12.6. The molecule has 8 heteroatoms. The van der Waals surface area contributed by atoms with Crippen molar-refractivity contribution in [2.24, 2.45) is 0 Å². The average Bonchev–Trinajstić information content (AvgIpc) is 2.88. The van der Waals surface area contributed by atoms with Crippen molar-refractivity contribution < 1.29 is 22.7 Å². The molecule has 0 atom stereocenters. The Bertz CT molecular complexity index is 734. The van der Waals surface area contributed by atoms with E-state index in [2.05, 4.69) is 5.32 Å². The third-order valence-electron chi connectivity index (χ3n) is 4.29. The van der Waals surface area contributed by atoms with Gasteiger partial charge in [-0.1, -0.05) is 12.1 Å². The number of esters is 1. The quantitative estimate of drug-likeness (QED) is 0.638. The van der Waals surface area contributed by atoms with Crippen molar-refractivity contribution in [3.8, 4) is 0 Å². The van der Waals surface area contributed by atoms with Gasteiger partial charge in [0.25, 0.3) is 0 Å². The van der Waals surface area contributed by atoms with Crippen molar-refractivity contribution in [1.29, 1.82) is 0 Å². The number of ether oxygens (including phenoxy) is 1. The molecule has 2 aliphatic heterocycles. The Morgan fingerprint density at radius 2 is 1.83 bits per heavy atom. The summed E-state index contributed by atoms with van der Waals surface area (Å²) in [6.45, 7) is 2.15. The number of hydrogen-bond donors (Lipinski definition) is 1. The van der Waals surface area contributed by atoms with Gasteiger partial charge in [0.2, 0.25) is 10.0 Å². The average molecular weight is 338 g/mol. The van der Waals surface area contributed by atoms with Crippen molar-refractivity contribution in [2.45, 2.75) is 30.4 Å². The third kappa shape index (κ3) is 3.01. The second kappa shape index (κ2) is 5.70. The van der Waals surface area contributed by atoms with E-state index in [4.69, 9.17) is 4.74 Å². The second-order valence-electron chi connectivity index (χ2n) is 5.81. The van der Waals surface area contributed by atoms with Gasteiger partial charge >= 0.3 is 5.97 Å². The van der Waals surface area contributed by atoms with Crippen LogP contribution in [-0.2, 0) is 19.6 Å². The number of hydrogen-bond acceptors (Lipinski definition) is 6. The van der Waals surface area contributed by atoms with Crippen LogP contribution in [0.1, 0.15) is 30.1 Å². The molecular weight excluding hydrogens is 320 g/mol. The molecule has 1 aromatic rings. The topological polar surface area (TPSA) is 92.8 Å². The number of rotatable bonds is 3. The number of ketones is 1. The lowest BCUT2D eigenvalue weighted by Crippen LogP contribution is -2.52. The van der Waals surface area contributed by atoms with Crippen molar-refractivity contribution in [3.05, 3.63) is 29.8 Å². The largest absolute Gasteiger partial charge is 0.443 e. The molecule has 1 aromatic carbocycles. The predicted octanol–water partition coefficient (Wildman–Crippen LogP) is 0.516. The Hall–Kier alpha value is -1.77. The van der Waals surface area contributed by atoms with Crippen LogP contribution in [0.4, 0.5) is 0 Å². The van der Waals surface area contributed by atoms with Gasteiger partial charge in [-0.25, -0.2) is 8.42 Å². The van der Waals surface area contributed by atoms with Crippen LogP contribution in [0.15, 0.2) is 29.2 Å². The van der Waals surface area contributed by atoms with E-state index in [1.54, 1.807) is 0 Å². The standard InChI is InChI=1S/C15H18N2O5S/c1-11(18)12-2-4-13(5-3-12)23(20,21)17-8-6-15(7-9-17)16-10-14(19)22-15/h2-5,16H,6-10H2,1H3. The normalized spacial score (nSPS) is 21.3. The van der Waals surface area contributed by atoms with E-state index in [0.717, 1.165) is 0 Å². The lowest BCUT2D eigenvalue weighted by atomic mass is 10.0. The monoisotopic (exact) mass is 338 g/mol. The van der Waals surface area contributed by atoms with Gasteiger partial charge in [0.05, 0.1) is 11.4 Å². The Labute approximate surface area is 134 Å². The summed E-state index contributed by atoms with van der Waals surface area (Å²) in [6.07, 6.45) is 0.840. The number of benzene rings is 1. The molecule has 0 aliphatic carbocycles. The van der Waals surface area contributed by atoms with Gasteiger partial charge in [0, 0.05) is 31.5 Å². The fraction of sp³-hybridized carbons (Fsp3) is 0.467. The number of carbonyl (C=O) groups excluding carboxylic acids is 2. The lowest BCUT2D eigenvalue weighted by Gasteiger charge is -2.37. The fourth-order valence-corrected chi connectivity index (χ4v) is 4.34. The first-order chi connectivity index (χ1) is 10.8. The molecular formula is C15H18N2O5S. The fourth-order valence-electron chi connectivity index (χ4n) is 2.90. The van der Waals surface area contributed by atoms with E-state index in [1.165, 1.54) is 35.5 Å². The van der Waals surface area contributed by atoms with Gasteiger partial charge in [0.15, 0.2) is 11.5 Å². The number of nitrogens with one attached hydrogen (secondary N) is 1. The van der Waals surface area contributed by atoms with E-state index in [-0.39, 0.29) is 36.3 Å². The number of piperidine rings is 1. The summed E-state index contributed by atoms with van der Waals surface area (Å²) in [5, 5.41) is 3.02. The summed E-state index contributed by atoms with van der Waals surface area (Å²) in [4.78, 5) is 22.7. The number of Topliss-reactive ketones (excluding diaryl/α,β-unsaturated/α-hetero) is 1. The molecule has 23 heavy (non-hydrogen) atoms. The van der Waals surface area contributed by atoms with E-state index >= 15 is 0 Å². The molecule has 0 aromatic heterocycles. The van der Waals surface area contributed by atoms with Crippen molar-refractivity contribution in [1.82, 2.24) is 9.62 Å². The minimum atomic E-state index is -3.61. The first-order valence-corrected chi connectivity index (χ1v) is 8.84. The zero-order chi connectivity index (χ0) is 16.7. The summed E-state index contributed by atoms with van der Waals surface area (Å²) in [5.41, 5.74) is -0.245. The summed E-state index contributed by atoms with van der Waals surface area (Å²) in [5.74, 6) is -0.413. The highest BCUT2D eigenvalue weighted by Crippen LogP contribution is 2.30. The first-order valence-electron chi connectivity index (χ1n) is 7.40. The maximum Gasteiger partial charge on any atom is 0.321 e. The van der Waals surface area contributed by atoms with Crippen LogP contribution in [0.25, 0.3) is 0 Å². The van der Waals surface area contributed by atoms with Crippen molar-refractivity contribution in [3.63, 3.8) is 0 Å². The number of nitrogens with zero attached hydrogens (tertiary/aromatic N) is 1. The molecule has 2 fully saturated rings. The van der Waals surface area contributed by atoms with Gasteiger partial charge in [0.1, 0.15) is 0 Å². The molecule has 2 heterocycles. The van der Waals surface area contributed by atoms with Gasteiger partial charge in [-0.3, -0.25) is 14.9 Å². The third-order valence-corrected chi connectivity index (χ3v) is 6.21. The van der Waals surface area contributed by atoms with Crippen LogP contribution in [0.2, 0.25) is 0 Å². The smallest absolute Gasteiger partial charge is 0.321 e. The minimum absolute atomic E-state index is 0.108. The van der Waals surface area contributed by atoms with Gasteiger partial charge in [-0.05, 0) is 19.1 Å². The molecule has 0 unspecified atom stereocenters. The van der Waals surface area contributed by atoms with Gasteiger partial charge < -0.3 is 4.74 Å². The molecule has 3 rings (SSSR count). The summed E-state index contributed by atoms with van der Waals surface area (Å²) >= 11 is 0. The summed E-state index contributed by atoms with van der Waals surface area (Å²) in [7, 11) is -3.61. The van der Waals surface area contributed by atoms with Crippen LogP contribution in [0.5, 0.6) is 0 Å². The molecule has 0 amide bonds. The van der Waals surface area contributed by atoms with Crippen molar-refractivity contribution in [2.75, 3.05) is 19.6 Å². The maximum atomic E-state index is 12.6. The molecule has 0 bridgehead atoms. The van der Waals surface area contributed by atoms with E-state index in [0.29, 0.717) is 18.4 Å². The summed E-state index contributed by atoms with van der Waals surface area (Å²) < 4.78 is 32.0. The van der Waals surface area contributed by atoms with E-state index in [1.807, 2.05) is 0 Å². The van der Waals surface area contributed by atoms with Gasteiger partial charge in [-0.15, -0.1) is 0 Å². The lowest BCUT2D eigenvalue weighted by molar-refractivity contribution is -0.151. The van der Waals surface area contributed by atoms with Crippen LogP contribution in [0.3, 0.4) is 0 Å². The molecule has 1 spiro atoms. The molecule has 2 saturated heterocycles. The zero-order valence-corrected chi connectivity index (χ0v) is 13.6. The predicted molar refractivity (Wildman–Crippen MR) is 81.3 cm³/mol. The van der Waals surface area contributed by atoms with Crippen LogP contribution in [-0.4, -0.2) is 49.8 Å². The van der Waals surface area contributed by atoms with Crippen LogP contribution >= 0.6 is 0 Å². The Balaban J connectivity index is 1.74. The Morgan fingerprint density at radius 1 is 1.22 bits per heavy atom. The number of sulfonamides is 1. The van der Waals surface area contributed by atoms with Crippen LogP contribution in [0, 0.1) is 0 Å². The molecule has 7 nitrogen and oxygen atoms in total. The number of carbonyl (C=O) groups is 2.